The maximum Gasteiger partial charge on any atom is 0.284 e. The Kier molecular flexibility index (Phi) is 5.22. The standard InChI is InChI=1S/C23H25ClN5O/c1-5-27(29(2,3)4)15-19-23(30)28-20-12-11-17(24)13-18(20)22(25-14-21(28)26-19)16-9-7-6-8-10-16/h6-13,15H,5,14H2,1-4H3/q+1. The Morgan fingerprint density at radius 3 is 2.57 bits per heavy atom. The van der Waals surface area contributed by atoms with Crippen LogP contribution in [0.15, 0.2) is 70.4 Å². The summed E-state index contributed by atoms with van der Waals surface area (Å²) in [4.78, 5) is 24.5. The zero-order valence-electron chi connectivity index (χ0n) is 17.6. The Bertz CT molecular complexity index is 1080. The average Bonchev–Trinajstić information content (AvgIpc) is 2.92. The van der Waals surface area contributed by atoms with E-state index in [1.54, 1.807) is 11.0 Å². The van der Waals surface area contributed by atoms with Gasteiger partial charge in [0, 0.05) is 16.1 Å². The van der Waals surface area contributed by atoms with Crippen molar-refractivity contribution in [2.24, 2.45) is 9.98 Å². The number of fused-ring (bicyclic) bond motifs is 3. The number of carbonyl (C=O) groups is 1. The van der Waals surface area contributed by atoms with E-state index >= 15 is 0 Å². The number of hydrogen-bond acceptors (Lipinski definition) is 4. The summed E-state index contributed by atoms with van der Waals surface area (Å²) in [5, 5.41) is 2.66. The summed E-state index contributed by atoms with van der Waals surface area (Å²) >= 11 is 6.32. The molecule has 2 aromatic rings. The van der Waals surface area contributed by atoms with E-state index in [9.17, 15) is 4.79 Å². The van der Waals surface area contributed by atoms with E-state index in [1.165, 1.54) is 0 Å². The summed E-state index contributed by atoms with van der Waals surface area (Å²) in [7, 11) is 6.16. The lowest BCUT2D eigenvalue weighted by Crippen LogP contribution is -2.48. The van der Waals surface area contributed by atoms with Crippen LogP contribution in [0.4, 0.5) is 5.69 Å². The topological polar surface area (TPSA) is 48.3 Å². The van der Waals surface area contributed by atoms with Crippen LogP contribution < -0.4 is 4.90 Å². The van der Waals surface area contributed by atoms with Crippen molar-refractivity contribution in [3.8, 4) is 0 Å². The fourth-order valence-corrected chi connectivity index (χ4v) is 3.88. The van der Waals surface area contributed by atoms with E-state index in [1.807, 2.05) is 48.7 Å². The molecule has 0 unspecified atom stereocenters. The molecule has 0 saturated carbocycles. The molecule has 0 atom stereocenters. The fourth-order valence-electron chi connectivity index (χ4n) is 3.71. The molecule has 2 aliphatic rings. The lowest BCUT2D eigenvalue weighted by atomic mass is 10.00. The Morgan fingerprint density at radius 2 is 1.90 bits per heavy atom. The highest BCUT2D eigenvalue weighted by Crippen LogP contribution is 2.33. The highest BCUT2D eigenvalue weighted by molar-refractivity contribution is 6.34. The van der Waals surface area contributed by atoms with Crippen molar-refractivity contribution in [2.75, 3.05) is 39.1 Å². The fraction of sp³-hybridized carbons (Fsp3) is 0.261. The molecule has 0 spiro atoms. The van der Waals surface area contributed by atoms with Gasteiger partial charge in [-0.05, 0) is 25.1 Å². The number of halogens is 1. The van der Waals surface area contributed by atoms with Crippen LogP contribution in [0.3, 0.4) is 0 Å². The number of anilines is 1. The van der Waals surface area contributed by atoms with Crippen LogP contribution in [0.1, 0.15) is 18.1 Å². The van der Waals surface area contributed by atoms with Crippen LogP contribution in [-0.2, 0) is 4.79 Å². The molecule has 0 saturated heterocycles. The average molecular weight is 423 g/mol. The second-order valence-corrected chi connectivity index (χ2v) is 8.51. The Hall–Kier alpha value is -2.96. The van der Waals surface area contributed by atoms with E-state index in [-0.39, 0.29) is 5.91 Å². The molecule has 0 aromatic heterocycles. The Balaban J connectivity index is 1.83. The monoisotopic (exact) mass is 422 g/mol. The number of amides is 1. The number of amidine groups is 1. The molecule has 0 aliphatic carbocycles. The van der Waals surface area contributed by atoms with Crippen molar-refractivity contribution in [1.82, 2.24) is 5.01 Å². The number of quaternary nitrogens is 1. The van der Waals surface area contributed by atoms with E-state index in [2.05, 4.69) is 38.1 Å². The lowest BCUT2D eigenvalue weighted by Gasteiger charge is -2.34. The molecule has 0 bridgehead atoms. The van der Waals surface area contributed by atoms with E-state index in [4.69, 9.17) is 16.6 Å². The number of benzene rings is 2. The summed E-state index contributed by atoms with van der Waals surface area (Å²) in [5.74, 6) is 0.475. The van der Waals surface area contributed by atoms with Crippen molar-refractivity contribution >= 4 is 34.7 Å². The molecular formula is C23H25ClN5O+. The molecule has 7 heteroatoms. The number of hydrogen-bond donors (Lipinski definition) is 0. The quantitative estimate of drug-likeness (QED) is 0.428. The molecule has 4 rings (SSSR count). The van der Waals surface area contributed by atoms with Gasteiger partial charge in [-0.3, -0.25) is 14.7 Å². The number of nitrogens with zero attached hydrogens (tertiary/aromatic N) is 5. The molecule has 6 nitrogen and oxygen atoms in total. The van der Waals surface area contributed by atoms with Gasteiger partial charge in [-0.25, -0.2) is 14.6 Å². The second kappa shape index (κ2) is 7.70. The van der Waals surface area contributed by atoms with Crippen LogP contribution in [0, 0.1) is 0 Å². The van der Waals surface area contributed by atoms with Gasteiger partial charge in [0.05, 0.1) is 51.8 Å². The molecule has 1 amide bonds. The van der Waals surface area contributed by atoms with Crippen LogP contribution in [0.25, 0.3) is 0 Å². The Labute approximate surface area is 182 Å². The summed E-state index contributed by atoms with van der Waals surface area (Å²) in [6, 6.07) is 15.5. The third kappa shape index (κ3) is 3.64. The SMILES string of the molecule is CCN(C=C1N=C2CN=C(c3ccccc3)c3cc(Cl)ccc3N2C1=O)[N+](C)(C)C. The molecule has 2 aliphatic heterocycles. The number of carbonyl (C=O) groups excluding carboxylic acids is 1. The van der Waals surface area contributed by atoms with Crippen molar-refractivity contribution in [2.45, 2.75) is 6.92 Å². The number of aliphatic imine (C=N–C) groups is 2. The van der Waals surface area contributed by atoms with Crippen LogP contribution in [-0.4, -0.2) is 61.3 Å². The molecular weight excluding hydrogens is 398 g/mol. The van der Waals surface area contributed by atoms with Gasteiger partial charge in [-0.1, -0.05) is 41.9 Å². The zero-order valence-corrected chi connectivity index (χ0v) is 18.4. The van der Waals surface area contributed by atoms with Gasteiger partial charge in [0.25, 0.3) is 5.91 Å². The summed E-state index contributed by atoms with van der Waals surface area (Å²) in [6.45, 7) is 3.13. The van der Waals surface area contributed by atoms with Gasteiger partial charge >= 0.3 is 0 Å². The van der Waals surface area contributed by atoms with Gasteiger partial charge < -0.3 is 0 Å². The molecule has 2 heterocycles. The normalized spacial score (nSPS) is 17.3. The first-order valence-corrected chi connectivity index (χ1v) is 10.3. The van der Waals surface area contributed by atoms with Gasteiger partial charge in [-0.2, -0.15) is 0 Å². The molecule has 0 N–H and O–H groups in total. The van der Waals surface area contributed by atoms with Crippen LogP contribution >= 0.6 is 11.6 Å². The third-order valence-electron chi connectivity index (χ3n) is 5.18. The van der Waals surface area contributed by atoms with Gasteiger partial charge in [0.15, 0.2) is 5.70 Å². The zero-order chi connectivity index (χ0) is 21.5. The highest BCUT2D eigenvalue weighted by Gasteiger charge is 2.36. The predicted molar refractivity (Wildman–Crippen MR) is 122 cm³/mol. The van der Waals surface area contributed by atoms with Gasteiger partial charge in [0.1, 0.15) is 5.84 Å². The first-order valence-electron chi connectivity index (χ1n) is 9.92. The van der Waals surface area contributed by atoms with E-state index in [0.29, 0.717) is 27.7 Å². The van der Waals surface area contributed by atoms with Gasteiger partial charge in [-0.15, -0.1) is 0 Å². The largest absolute Gasteiger partial charge is 0.284 e. The number of rotatable bonds is 4. The van der Waals surface area contributed by atoms with Crippen LogP contribution in [0.2, 0.25) is 5.02 Å². The minimum atomic E-state index is -0.148. The molecule has 0 fully saturated rings. The van der Waals surface area contributed by atoms with Gasteiger partial charge in [0.2, 0.25) is 0 Å². The van der Waals surface area contributed by atoms with Crippen LogP contribution in [0.5, 0.6) is 0 Å². The first-order chi connectivity index (χ1) is 14.3. The molecule has 0 radical (unpaired) electrons. The highest BCUT2D eigenvalue weighted by atomic mass is 35.5. The maximum absolute atomic E-state index is 13.4. The molecule has 2 aromatic carbocycles. The minimum absolute atomic E-state index is 0.148. The summed E-state index contributed by atoms with van der Waals surface area (Å²) in [6.07, 6.45) is 1.83. The second-order valence-electron chi connectivity index (χ2n) is 8.07. The van der Waals surface area contributed by atoms with Crippen molar-refractivity contribution in [3.05, 3.63) is 76.6 Å². The minimum Gasteiger partial charge on any atom is -0.276 e. The first kappa shape index (κ1) is 20.3. The molecule has 154 valence electrons. The van der Waals surface area contributed by atoms with Crippen molar-refractivity contribution in [3.63, 3.8) is 0 Å². The maximum atomic E-state index is 13.4. The Morgan fingerprint density at radius 1 is 1.17 bits per heavy atom. The summed E-state index contributed by atoms with van der Waals surface area (Å²) in [5.41, 5.74) is 3.78. The third-order valence-corrected chi connectivity index (χ3v) is 5.41. The van der Waals surface area contributed by atoms with E-state index < -0.39 is 0 Å². The summed E-state index contributed by atoms with van der Waals surface area (Å²) < 4.78 is 0.570. The van der Waals surface area contributed by atoms with Crippen molar-refractivity contribution in [1.29, 1.82) is 0 Å². The predicted octanol–water partition coefficient (Wildman–Crippen LogP) is 3.72. The smallest absolute Gasteiger partial charge is 0.276 e. The lowest BCUT2D eigenvalue weighted by molar-refractivity contribution is -0.978. The van der Waals surface area contributed by atoms with Crippen molar-refractivity contribution < 1.29 is 9.39 Å². The van der Waals surface area contributed by atoms with E-state index in [0.717, 1.165) is 29.1 Å². The molecule has 30 heavy (non-hydrogen) atoms.